The van der Waals surface area contributed by atoms with Crippen LogP contribution >= 0.6 is 0 Å². The zero-order valence-corrected chi connectivity index (χ0v) is 22.7. The van der Waals surface area contributed by atoms with Crippen LogP contribution in [0, 0.1) is 5.92 Å². The second-order valence-corrected chi connectivity index (χ2v) is 10.3. The molecular weight excluding hydrogens is 514 g/mol. The fourth-order valence-corrected chi connectivity index (χ4v) is 5.59. The number of rotatable bonds is 11. The van der Waals surface area contributed by atoms with Gasteiger partial charge in [-0.15, -0.1) is 0 Å². The summed E-state index contributed by atoms with van der Waals surface area (Å²) >= 11 is 0. The van der Waals surface area contributed by atoms with Crippen LogP contribution in [-0.4, -0.2) is 31.5 Å². The van der Waals surface area contributed by atoms with E-state index in [-0.39, 0.29) is 24.5 Å². The van der Waals surface area contributed by atoms with Crippen molar-refractivity contribution in [1.29, 1.82) is 0 Å². The minimum absolute atomic E-state index is 0.0207. The van der Waals surface area contributed by atoms with E-state index in [9.17, 15) is 4.79 Å². The molecule has 4 aromatic rings. The van der Waals surface area contributed by atoms with Crippen molar-refractivity contribution in [2.75, 3.05) is 13.2 Å². The highest BCUT2D eigenvalue weighted by Gasteiger charge is 2.35. The topological polar surface area (TPSA) is 66.0 Å². The number of benzene rings is 4. The van der Waals surface area contributed by atoms with Gasteiger partial charge in [-0.25, -0.2) is 4.79 Å². The first kappa shape index (κ1) is 27.0. The van der Waals surface area contributed by atoms with E-state index < -0.39 is 12.2 Å². The summed E-state index contributed by atoms with van der Waals surface area (Å²) in [6.07, 6.45) is 2.50. The summed E-state index contributed by atoms with van der Waals surface area (Å²) in [6, 6.07) is 36.6. The molecule has 208 valence electrons. The SMILES string of the molecule is O=C(NO[C@@H]1C=C[C@@H](COCc2ccccc2)[C@H]1OCc1ccccc1)OCC1c2ccccc2-c2ccccc21. The van der Waals surface area contributed by atoms with Gasteiger partial charge in [0.2, 0.25) is 0 Å². The number of fused-ring (bicyclic) bond motifs is 3. The molecule has 0 saturated heterocycles. The summed E-state index contributed by atoms with van der Waals surface area (Å²) in [7, 11) is 0. The van der Waals surface area contributed by atoms with Crippen LogP contribution in [-0.2, 0) is 32.3 Å². The fraction of sp³-hybridized carbons (Fsp3) is 0.229. The minimum atomic E-state index is -0.633. The first-order chi connectivity index (χ1) is 20.3. The van der Waals surface area contributed by atoms with Gasteiger partial charge < -0.3 is 14.2 Å². The summed E-state index contributed by atoms with van der Waals surface area (Å²) in [6.45, 7) is 1.62. The molecular formula is C35H33NO5. The van der Waals surface area contributed by atoms with Crippen LogP contribution in [0.5, 0.6) is 0 Å². The van der Waals surface area contributed by atoms with E-state index in [0.717, 1.165) is 22.3 Å². The van der Waals surface area contributed by atoms with E-state index in [1.807, 2.05) is 97.1 Å². The maximum absolute atomic E-state index is 12.7. The lowest BCUT2D eigenvalue weighted by Crippen LogP contribution is -2.39. The molecule has 6 heteroatoms. The van der Waals surface area contributed by atoms with Gasteiger partial charge in [0.15, 0.2) is 0 Å². The summed E-state index contributed by atoms with van der Waals surface area (Å²) in [4.78, 5) is 18.6. The first-order valence-electron chi connectivity index (χ1n) is 14.0. The first-order valence-corrected chi connectivity index (χ1v) is 14.0. The molecule has 0 unspecified atom stereocenters. The number of hydrogen-bond acceptors (Lipinski definition) is 5. The molecule has 0 heterocycles. The minimum Gasteiger partial charge on any atom is -0.447 e. The van der Waals surface area contributed by atoms with Crippen molar-refractivity contribution in [2.45, 2.75) is 31.3 Å². The molecule has 0 saturated carbocycles. The average molecular weight is 548 g/mol. The molecule has 1 N–H and O–H groups in total. The Kier molecular flexibility index (Phi) is 8.52. The predicted molar refractivity (Wildman–Crippen MR) is 157 cm³/mol. The Hall–Kier alpha value is -4.23. The number of hydrogen-bond donors (Lipinski definition) is 1. The van der Waals surface area contributed by atoms with Crippen molar-refractivity contribution in [1.82, 2.24) is 5.48 Å². The molecule has 6 nitrogen and oxygen atoms in total. The Morgan fingerprint density at radius 3 is 1.90 bits per heavy atom. The second kappa shape index (κ2) is 13.0. The standard InChI is InChI=1S/C35H33NO5/c37-35(40-24-32-30-17-9-7-15-28(30)29-16-8-10-18-31(29)32)36-41-33-20-19-27(23-38-21-25-11-3-1-4-12-25)34(33)39-22-26-13-5-2-6-14-26/h1-20,27,32-34H,21-24H2,(H,36,37)/t27-,33+,34+/m0/s1. The van der Waals surface area contributed by atoms with Gasteiger partial charge >= 0.3 is 6.09 Å². The van der Waals surface area contributed by atoms with Gasteiger partial charge in [0.25, 0.3) is 0 Å². The third-order valence-electron chi connectivity index (χ3n) is 7.62. The van der Waals surface area contributed by atoms with E-state index >= 15 is 0 Å². The number of nitrogens with one attached hydrogen (secondary N) is 1. The zero-order chi connectivity index (χ0) is 27.9. The van der Waals surface area contributed by atoms with E-state index in [1.54, 1.807) is 0 Å². The Labute approximate surface area is 240 Å². The third kappa shape index (κ3) is 6.41. The molecule has 0 aromatic heterocycles. The van der Waals surface area contributed by atoms with E-state index in [1.165, 1.54) is 11.1 Å². The van der Waals surface area contributed by atoms with Gasteiger partial charge in [-0.05, 0) is 33.4 Å². The Morgan fingerprint density at radius 2 is 1.24 bits per heavy atom. The molecule has 4 aromatic carbocycles. The van der Waals surface area contributed by atoms with Crippen LogP contribution < -0.4 is 5.48 Å². The van der Waals surface area contributed by atoms with Crippen molar-refractivity contribution in [3.63, 3.8) is 0 Å². The lowest BCUT2D eigenvalue weighted by atomic mass is 9.98. The molecule has 3 atom stereocenters. The van der Waals surface area contributed by atoms with Crippen molar-refractivity contribution in [3.8, 4) is 11.1 Å². The van der Waals surface area contributed by atoms with Crippen molar-refractivity contribution < 1.29 is 23.8 Å². The Morgan fingerprint density at radius 1 is 0.659 bits per heavy atom. The van der Waals surface area contributed by atoms with Gasteiger partial charge in [0.1, 0.15) is 12.7 Å². The summed E-state index contributed by atoms with van der Waals surface area (Å²) in [5.41, 5.74) is 9.36. The molecule has 2 aliphatic rings. The largest absolute Gasteiger partial charge is 0.447 e. The average Bonchev–Trinajstić information content (AvgIpc) is 3.57. The van der Waals surface area contributed by atoms with E-state index in [2.05, 4.69) is 29.7 Å². The lowest BCUT2D eigenvalue weighted by Gasteiger charge is -2.25. The fourth-order valence-electron chi connectivity index (χ4n) is 5.59. The summed E-state index contributed by atoms with van der Waals surface area (Å²) in [5, 5.41) is 0. The molecule has 0 fully saturated rings. The lowest BCUT2D eigenvalue weighted by molar-refractivity contribution is -0.105. The predicted octanol–water partition coefficient (Wildman–Crippen LogP) is 6.81. The molecule has 1 amide bonds. The van der Waals surface area contributed by atoms with Gasteiger partial charge in [-0.2, -0.15) is 5.48 Å². The van der Waals surface area contributed by atoms with E-state index in [0.29, 0.717) is 19.8 Å². The summed E-state index contributed by atoms with van der Waals surface area (Å²) in [5.74, 6) is -0.0515. The highest BCUT2D eigenvalue weighted by Crippen LogP contribution is 2.44. The molecule has 2 aliphatic carbocycles. The molecule has 0 aliphatic heterocycles. The highest BCUT2D eigenvalue weighted by molar-refractivity contribution is 5.79. The maximum atomic E-state index is 12.7. The Balaban J connectivity index is 1.05. The molecule has 0 bridgehead atoms. The van der Waals surface area contributed by atoms with Gasteiger partial charge in [-0.1, -0.05) is 121 Å². The van der Waals surface area contributed by atoms with Crippen molar-refractivity contribution >= 4 is 6.09 Å². The van der Waals surface area contributed by atoms with Crippen LogP contribution in [0.3, 0.4) is 0 Å². The molecule has 0 spiro atoms. The van der Waals surface area contributed by atoms with Gasteiger partial charge in [0, 0.05) is 11.8 Å². The van der Waals surface area contributed by atoms with E-state index in [4.69, 9.17) is 19.0 Å². The van der Waals surface area contributed by atoms with Crippen LogP contribution in [0.2, 0.25) is 0 Å². The maximum Gasteiger partial charge on any atom is 0.431 e. The van der Waals surface area contributed by atoms with Gasteiger partial charge in [0.05, 0.1) is 25.9 Å². The van der Waals surface area contributed by atoms with Crippen LogP contribution in [0.25, 0.3) is 11.1 Å². The monoisotopic (exact) mass is 547 g/mol. The number of ether oxygens (including phenoxy) is 3. The normalized spacial score (nSPS) is 19.1. The molecule has 41 heavy (non-hydrogen) atoms. The second-order valence-electron chi connectivity index (χ2n) is 10.3. The smallest absolute Gasteiger partial charge is 0.431 e. The number of carbonyl (C=O) groups excluding carboxylic acids is 1. The van der Waals surface area contributed by atoms with Crippen LogP contribution in [0.4, 0.5) is 4.79 Å². The number of amides is 1. The molecule has 0 radical (unpaired) electrons. The number of carbonyl (C=O) groups is 1. The third-order valence-corrected chi connectivity index (χ3v) is 7.62. The highest BCUT2D eigenvalue weighted by atomic mass is 16.7. The number of hydroxylamine groups is 1. The Bertz CT molecular complexity index is 1430. The zero-order valence-electron chi connectivity index (χ0n) is 22.7. The van der Waals surface area contributed by atoms with Crippen molar-refractivity contribution in [2.24, 2.45) is 5.92 Å². The van der Waals surface area contributed by atoms with Gasteiger partial charge in [-0.3, -0.25) is 4.84 Å². The quantitative estimate of drug-likeness (QED) is 0.165. The van der Waals surface area contributed by atoms with Crippen molar-refractivity contribution in [3.05, 3.63) is 144 Å². The van der Waals surface area contributed by atoms with Crippen LogP contribution in [0.15, 0.2) is 121 Å². The summed E-state index contributed by atoms with van der Waals surface area (Å²) < 4.78 is 18.0. The molecule has 6 rings (SSSR count). The van der Waals surface area contributed by atoms with Crippen LogP contribution in [0.1, 0.15) is 28.2 Å².